The smallest absolute Gasteiger partial charge is 0.0745 e. The third-order valence-electron chi connectivity index (χ3n) is 3.55. The van der Waals surface area contributed by atoms with Crippen LogP contribution in [0, 0.1) is 0 Å². The van der Waals surface area contributed by atoms with Crippen LogP contribution < -0.4 is 10.6 Å². The molecule has 0 aliphatic heterocycles. The summed E-state index contributed by atoms with van der Waals surface area (Å²) in [6.07, 6.45) is 1.81. The molecule has 0 heterocycles. The lowest BCUT2D eigenvalue weighted by Gasteiger charge is -2.25. The lowest BCUT2D eigenvalue weighted by atomic mass is 10.1. The van der Waals surface area contributed by atoms with Crippen LogP contribution in [0.25, 0.3) is 0 Å². The van der Waals surface area contributed by atoms with Crippen LogP contribution in [0.3, 0.4) is 0 Å². The van der Waals surface area contributed by atoms with Crippen LogP contribution in [0.15, 0.2) is 54.6 Å². The summed E-state index contributed by atoms with van der Waals surface area (Å²) >= 11 is 5.01. The van der Waals surface area contributed by atoms with Crippen molar-refractivity contribution in [3.05, 3.63) is 65.7 Å². The average Bonchev–Trinajstić information content (AvgIpc) is 2.52. The predicted octanol–water partition coefficient (Wildman–Crippen LogP) is 3.93. The van der Waals surface area contributed by atoms with Crippen molar-refractivity contribution in [2.24, 2.45) is 5.73 Å². The van der Waals surface area contributed by atoms with Gasteiger partial charge in [-0.05, 0) is 29.7 Å². The maximum absolute atomic E-state index is 5.65. The highest BCUT2D eigenvalue weighted by atomic mass is 32.1. The molecule has 0 atom stereocenters. The number of thiocarbonyl (C=S) groups is 1. The number of para-hydroxylation sites is 1. The molecule has 0 bridgehead atoms. The lowest BCUT2D eigenvalue weighted by molar-refractivity contribution is 0.806. The van der Waals surface area contributed by atoms with Crippen LogP contribution in [-0.4, -0.2) is 11.5 Å². The molecule has 2 aromatic carbocycles. The van der Waals surface area contributed by atoms with Crippen LogP contribution in [0.5, 0.6) is 0 Å². The van der Waals surface area contributed by atoms with Crippen LogP contribution >= 0.6 is 12.2 Å². The Balaban J connectivity index is 2.12. The monoisotopic (exact) mass is 298 g/mol. The fourth-order valence-corrected chi connectivity index (χ4v) is 2.38. The van der Waals surface area contributed by atoms with E-state index in [9.17, 15) is 0 Å². The van der Waals surface area contributed by atoms with Crippen molar-refractivity contribution >= 4 is 22.9 Å². The van der Waals surface area contributed by atoms with Gasteiger partial charge in [-0.1, -0.05) is 61.6 Å². The fourth-order valence-electron chi connectivity index (χ4n) is 2.28. The van der Waals surface area contributed by atoms with Gasteiger partial charge in [0.15, 0.2) is 0 Å². The van der Waals surface area contributed by atoms with E-state index in [0.717, 1.165) is 25.9 Å². The Hall–Kier alpha value is -1.87. The maximum atomic E-state index is 5.65. The second kappa shape index (κ2) is 7.79. The molecule has 2 aromatic rings. The molecule has 0 aliphatic rings. The number of anilines is 1. The largest absolute Gasteiger partial charge is 0.393 e. The van der Waals surface area contributed by atoms with Crippen LogP contribution in [-0.2, 0) is 13.0 Å². The Morgan fingerprint density at radius 1 is 1.00 bits per heavy atom. The van der Waals surface area contributed by atoms with Gasteiger partial charge < -0.3 is 10.6 Å². The summed E-state index contributed by atoms with van der Waals surface area (Å²) in [6.45, 7) is 3.89. The minimum Gasteiger partial charge on any atom is -0.393 e. The number of hydrogen-bond acceptors (Lipinski definition) is 2. The third kappa shape index (κ3) is 4.87. The number of nitrogens with zero attached hydrogens (tertiary/aromatic N) is 1. The Morgan fingerprint density at radius 3 is 2.19 bits per heavy atom. The second-order valence-corrected chi connectivity index (χ2v) is 5.67. The summed E-state index contributed by atoms with van der Waals surface area (Å²) in [5.41, 5.74) is 9.53. The van der Waals surface area contributed by atoms with Gasteiger partial charge in [-0.15, -0.1) is 0 Å². The summed E-state index contributed by atoms with van der Waals surface area (Å²) in [4.78, 5) is 2.89. The highest BCUT2D eigenvalue weighted by Gasteiger charge is 2.07. The Labute approximate surface area is 132 Å². The quantitative estimate of drug-likeness (QED) is 0.785. The van der Waals surface area contributed by atoms with Gasteiger partial charge in [0, 0.05) is 25.2 Å². The predicted molar refractivity (Wildman–Crippen MR) is 94.7 cm³/mol. The zero-order valence-electron chi connectivity index (χ0n) is 12.5. The van der Waals surface area contributed by atoms with Crippen molar-refractivity contribution in [3.63, 3.8) is 0 Å². The molecule has 0 saturated carbocycles. The number of benzene rings is 2. The molecule has 2 nitrogen and oxygen atoms in total. The van der Waals surface area contributed by atoms with Gasteiger partial charge in [0.25, 0.3) is 0 Å². The van der Waals surface area contributed by atoms with Gasteiger partial charge in [-0.25, -0.2) is 0 Å². The first-order valence-electron chi connectivity index (χ1n) is 7.35. The summed E-state index contributed by atoms with van der Waals surface area (Å²) in [6, 6.07) is 19.2. The maximum Gasteiger partial charge on any atom is 0.0745 e. The van der Waals surface area contributed by atoms with Gasteiger partial charge in [0.05, 0.1) is 4.99 Å². The molecule has 0 aliphatic carbocycles. The molecule has 3 heteroatoms. The molecular formula is C18H22N2S. The summed E-state index contributed by atoms with van der Waals surface area (Å²) in [5, 5.41) is 0. The van der Waals surface area contributed by atoms with Crippen molar-refractivity contribution in [2.45, 2.75) is 26.3 Å². The minimum absolute atomic E-state index is 0.567. The summed E-state index contributed by atoms with van der Waals surface area (Å²) in [7, 11) is 0. The summed E-state index contributed by atoms with van der Waals surface area (Å²) < 4.78 is 0. The molecule has 0 fully saturated rings. The topological polar surface area (TPSA) is 29.3 Å². The zero-order chi connectivity index (χ0) is 15.1. The molecule has 21 heavy (non-hydrogen) atoms. The van der Waals surface area contributed by atoms with Gasteiger partial charge in [0.2, 0.25) is 0 Å². The first-order chi connectivity index (χ1) is 10.2. The van der Waals surface area contributed by atoms with Crippen LogP contribution in [0.4, 0.5) is 5.69 Å². The van der Waals surface area contributed by atoms with E-state index >= 15 is 0 Å². The van der Waals surface area contributed by atoms with E-state index < -0.39 is 0 Å². The Morgan fingerprint density at radius 2 is 1.62 bits per heavy atom. The Bertz CT molecular complexity index is 564. The zero-order valence-corrected chi connectivity index (χ0v) is 13.3. The van der Waals surface area contributed by atoms with Gasteiger partial charge >= 0.3 is 0 Å². The van der Waals surface area contributed by atoms with E-state index in [1.54, 1.807) is 0 Å². The number of nitrogens with two attached hydrogens (primary N) is 1. The van der Waals surface area contributed by atoms with Crippen LogP contribution in [0.1, 0.15) is 24.5 Å². The molecule has 0 spiro atoms. The molecule has 2 rings (SSSR count). The van der Waals surface area contributed by atoms with Crippen LogP contribution in [0.2, 0.25) is 0 Å². The molecular weight excluding hydrogens is 276 g/mol. The van der Waals surface area contributed by atoms with Gasteiger partial charge in [-0.3, -0.25) is 0 Å². The SMILES string of the molecule is CCc1ccc(CN(CCC(N)=S)c2ccccc2)cc1. The average molecular weight is 298 g/mol. The molecule has 2 N–H and O–H groups in total. The third-order valence-corrected chi connectivity index (χ3v) is 3.76. The Kier molecular flexibility index (Phi) is 5.76. The molecule has 0 unspecified atom stereocenters. The van der Waals surface area contributed by atoms with E-state index in [0.29, 0.717) is 4.99 Å². The molecule has 0 saturated heterocycles. The van der Waals surface area contributed by atoms with Crippen molar-refractivity contribution in [1.82, 2.24) is 0 Å². The van der Waals surface area contributed by atoms with Gasteiger partial charge in [-0.2, -0.15) is 0 Å². The second-order valence-electron chi connectivity index (χ2n) is 5.14. The van der Waals surface area contributed by atoms with E-state index in [1.807, 2.05) is 6.07 Å². The van der Waals surface area contributed by atoms with E-state index in [4.69, 9.17) is 18.0 Å². The van der Waals surface area contributed by atoms with E-state index in [2.05, 4.69) is 60.4 Å². The van der Waals surface area contributed by atoms with Crippen molar-refractivity contribution in [2.75, 3.05) is 11.4 Å². The number of hydrogen-bond donors (Lipinski definition) is 1. The first kappa shape index (κ1) is 15.5. The van der Waals surface area contributed by atoms with E-state index in [-0.39, 0.29) is 0 Å². The molecule has 0 amide bonds. The van der Waals surface area contributed by atoms with E-state index in [1.165, 1.54) is 16.8 Å². The number of aryl methyl sites for hydroxylation is 1. The molecule has 110 valence electrons. The standard InChI is InChI=1S/C18H22N2S/c1-2-15-8-10-16(11-9-15)14-20(13-12-18(19)21)17-6-4-3-5-7-17/h3-11H,2,12-14H2,1H3,(H2,19,21). The molecule has 0 radical (unpaired) electrons. The van der Waals surface area contributed by atoms with Crippen molar-refractivity contribution < 1.29 is 0 Å². The fraction of sp³-hybridized carbons (Fsp3) is 0.278. The number of rotatable bonds is 7. The highest BCUT2D eigenvalue weighted by molar-refractivity contribution is 7.80. The summed E-state index contributed by atoms with van der Waals surface area (Å²) in [5.74, 6) is 0. The lowest BCUT2D eigenvalue weighted by Crippen LogP contribution is -2.27. The molecule has 0 aromatic heterocycles. The van der Waals surface area contributed by atoms with Gasteiger partial charge in [0.1, 0.15) is 0 Å². The highest BCUT2D eigenvalue weighted by Crippen LogP contribution is 2.17. The first-order valence-corrected chi connectivity index (χ1v) is 7.76. The van der Waals surface area contributed by atoms with Crippen molar-refractivity contribution in [3.8, 4) is 0 Å². The normalized spacial score (nSPS) is 10.3. The minimum atomic E-state index is 0.567. The van der Waals surface area contributed by atoms with Crippen molar-refractivity contribution in [1.29, 1.82) is 0 Å².